The van der Waals surface area contributed by atoms with Crippen molar-refractivity contribution in [3.8, 4) is 0 Å². The summed E-state index contributed by atoms with van der Waals surface area (Å²) in [5.74, 6) is 0.624. The monoisotopic (exact) mass is 298 g/mol. The largest absolute Gasteiger partial charge is 0.383 e. The number of likely N-dealkylation sites (tertiary alicyclic amines) is 1. The number of hydrogen-bond acceptors (Lipinski definition) is 5. The number of pyridine rings is 2. The summed E-state index contributed by atoms with van der Waals surface area (Å²) >= 11 is 0. The molecular weight excluding hydrogens is 276 g/mol. The Morgan fingerprint density at radius 1 is 1.18 bits per heavy atom. The maximum absolute atomic E-state index is 6.02. The normalized spacial score (nSPS) is 19.2. The highest BCUT2D eigenvalue weighted by Crippen LogP contribution is 2.18. The Morgan fingerprint density at radius 2 is 2.09 bits per heavy atom. The molecule has 3 rings (SSSR count). The molecule has 5 nitrogen and oxygen atoms in total. The molecule has 1 saturated heterocycles. The first-order valence-electron chi connectivity index (χ1n) is 7.74. The molecule has 0 aliphatic carbocycles. The van der Waals surface area contributed by atoms with Gasteiger partial charge in [-0.1, -0.05) is 12.1 Å². The van der Waals surface area contributed by atoms with E-state index < -0.39 is 0 Å². The van der Waals surface area contributed by atoms with Gasteiger partial charge < -0.3 is 10.5 Å². The molecule has 2 aromatic heterocycles. The first-order valence-corrected chi connectivity index (χ1v) is 7.74. The number of rotatable bonds is 5. The molecule has 22 heavy (non-hydrogen) atoms. The molecule has 1 fully saturated rings. The predicted octanol–water partition coefficient (Wildman–Crippen LogP) is 2.24. The van der Waals surface area contributed by atoms with Crippen LogP contribution in [0.1, 0.15) is 24.1 Å². The third kappa shape index (κ3) is 4.02. The van der Waals surface area contributed by atoms with Crippen molar-refractivity contribution < 1.29 is 4.74 Å². The molecule has 1 atom stereocenters. The van der Waals surface area contributed by atoms with Crippen LogP contribution < -0.4 is 5.73 Å². The van der Waals surface area contributed by atoms with Gasteiger partial charge in [-0.25, -0.2) is 4.98 Å². The van der Waals surface area contributed by atoms with Crippen LogP contribution in [0.4, 0.5) is 5.82 Å². The highest BCUT2D eigenvalue weighted by molar-refractivity contribution is 5.38. The highest BCUT2D eigenvalue weighted by Gasteiger charge is 2.21. The highest BCUT2D eigenvalue weighted by atomic mass is 16.5. The SMILES string of the molecule is Nc1ncccc1CN1CCC[C@@H](OCc2ccccn2)C1. The van der Waals surface area contributed by atoms with E-state index in [9.17, 15) is 0 Å². The third-order valence-electron chi connectivity index (χ3n) is 3.98. The van der Waals surface area contributed by atoms with Crippen molar-refractivity contribution in [1.82, 2.24) is 14.9 Å². The Balaban J connectivity index is 1.52. The second-order valence-corrected chi connectivity index (χ2v) is 5.68. The molecule has 116 valence electrons. The lowest BCUT2D eigenvalue weighted by molar-refractivity contribution is -0.0132. The van der Waals surface area contributed by atoms with Gasteiger partial charge in [-0.15, -0.1) is 0 Å². The maximum Gasteiger partial charge on any atom is 0.127 e. The van der Waals surface area contributed by atoms with E-state index in [-0.39, 0.29) is 6.10 Å². The van der Waals surface area contributed by atoms with E-state index in [1.807, 2.05) is 30.3 Å². The van der Waals surface area contributed by atoms with Gasteiger partial charge in [0.05, 0.1) is 18.4 Å². The molecule has 1 aliphatic rings. The summed E-state index contributed by atoms with van der Waals surface area (Å²) in [4.78, 5) is 10.8. The van der Waals surface area contributed by atoms with Crippen molar-refractivity contribution in [2.24, 2.45) is 0 Å². The molecule has 0 amide bonds. The van der Waals surface area contributed by atoms with Gasteiger partial charge in [0.1, 0.15) is 5.82 Å². The molecule has 3 heterocycles. The number of nitrogens with two attached hydrogens (primary N) is 1. The number of nitrogens with zero attached hydrogens (tertiary/aromatic N) is 3. The zero-order chi connectivity index (χ0) is 15.2. The molecule has 2 aromatic rings. The van der Waals surface area contributed by atoms with E-state index in [1.165, 1.54) is 0 Å². The molecule has 0 aromatic carbocycles. The van der Waals surface area contributed by atoms with Crippen LogP contribution in [0, 0.1) is 0 Å². The second kappa shape index (κ2) is 7.33. The summed E-state index contributed by atoms with van der Waals surface area (Å²) in [5.41, 5.74) is 8.00. The fourth-order valence-electron chi connectivity index (χ4n) is 2.80. The van der Waals surface area contributed by atoms with E-state index in [4.69, 9.17) is 10.5 Å². The van der Waals surface area contributed by atoms with Crippen LogP contribution in [0.5, 0.6) is 0 Å². The van der Waals surface area contributed by atoms with Crippen molar-refractivity contribution in [3.63, 3.8) is 0 Å². The molecule has 1 aliphatic heterocycles. The topological polar surface area (TPSA) is 64.3 Å². The van der Waals surface area contributed by atoms with Crippen molar-refractivity contribution in [2.75, 3.05) is 18.8 Å². The van der Waals surface area contributed by atoms with Gasteiger partial charge in [0.25, 0.3) is 0 Å². The minimum absolute atomic E-state index is 0.258. The molecule has 0 spiro atoms. The fraction of sp³-hybridized carbons (Fsp3) is 0.412. The Morgan fingerprint density at radius 3 is 2.91 bits per heavy atom. The number of aromatic nitrogens is 2. The zero-order valence-electron chi connectivity index (χ0n) is 12.7. The van der Waals surface area contributed by atoms with Crippen LogP contribution in [-0.2, 0) is 17.9 Å². The van der Waals surface area contributed by atoms with Crippen LogP contribution in [0.3, 0.4) is 0 Å². The number of nitrogen functional groups attached to an aromatic ring is 1. The van der Waals surface area contributed by atoms with Crippen LogP contribution in [0.2, 0.25) is 0 Å². The quantitative estimate of drug-likeness (QED) is 0.917. The van der Waals surface area contributed by atoms with Gasteiger partial charge in [-0.3, -0.25) is 9.88 Å². The fourth-order valence-corrected chi connectivity index (χ4v) is 2.80. The summed E-state index contributed by atoms with van der Waals surface area (Å²) in [6, 6.07) is 9.89. The second-order valence-electron chi connectivity index (χ2n) is 5.68. The van der Waals surface area contributed by atoms with Crippen molar-refractivity contribution in [3.05, 3.63) is 54.0 Å². The lowest BCUT2D eigenvalue weighted by Crippen LogP contribution is -2.39. The van der Waals surface area contributed by atoms with Crippen LogP contribution >= 0.6 is 0 Å². The number of hydrogen-bond donors (Lipinski definition) is 1. The molecule has 0 unspecified atom stereocenters. The average Bonchev–Trinajstić information content (AvgIpc) is 2.57. The lowest BCUT2D eigenvalue weighted by atomic mass is 10.1. The summed E-state index contributed by atoms with van der Waals surface area (Å²) in [6.45, 7) is 3.43. The molecule has 5 heteroatoms. The van der Waals surface area contributed by atoms with Crippen molar-refractivity contribution >= 4 is 5.82 Å². The Kier molecular flexibility index (Phi) is 4.98. The minimum atomic E-state index is 0.258. The summed E-state index contributed by atoms with van der Waals surface area (Å²) in [7, 11) is 0. The molecule has 0 saturated carbocycles. The molecule has 0 bridgehead atoms. The summed E-state index contributed by atoms with van der Waals surface area (Å²) < 4.78 is 6.02. The predicted molar refractivity (Wildman–Crippen MR) is 86.0 cm³/mol. The number of anilines is 1. The number of ether oxygens (including phenoxy) is 1. The van der Waals surface area contributed by atoms with Gasteiger partial charge in [0, 0.05) is 31.0 Å². The zero-order valence-corrected chi connectivity index (χ0v) is 12.7. The molecule has 0 radical (unpaired) electrons. The van der Waals surface area contributed by atoms with Gasteiger partial charge in [0.2, 0.25) is 0 Å². The maximum atomic E-state index is 6.02. The standard InChI is InChI=1S/C17H22N4O/c18-17-14(5-3-9-20-17)11-21-10-4-7-16(12-21)22-13-15-6-1-2-8-19-15/h1-3,5-6,8-9,16H,4,7,10-13H2,(H2,18,20)/t16-/m1/s1. The van der Waals surface area contributed by atoms with Gasteiger partial charge in [-0.2, -0.15) is 0 Å². The van der Waals surface area contributed by atoms with E-state index in [0.29, 0.717) is 12.4 Å². The van der Waals surface area contributed by atoms with E-state index in [2.05, 4.69) is 14.9 Å². The number of piperidine rings is 1. The van der Waals surface area contributed by atoms with Crippen molar-refractivity contribution in [2.45, 2.75) is 32.1 Å². The van der Waals surface area contributed by atoms with Crippen LogP contribution in [0.15, 0.2) is 42.7 Å². The van der Waals surface area contributed by atoms with Crippen LogP contribution in [-0.4, -0.2) is 34.1 Å². The van der Waals surface area contributed by atoms with Gasteiger partial charge in [0.15, 0.2) is 0 Å². The average molecular weight is 298 g/mol. The Bertz CT molecular complexity index is 590. The van der Waals surface area contributed by atoms with E-state index in [0.717, 1.165) is 43.7 Å². The summed E-state index contributed by atoms with van der Waals surface area (Å²) in [5, 5.41) is 0. The Labute approximate surface area is 131 Å². The first kappa shape index (κ1) is 14.9. The third-order valence-corrected chi connectivity index (χ3v) is 3.98. The Hall–Kier alpha value is -1.98. The van der Waals surface area contributed by atoms with Gasteiger partial charge >= 0.3 is 0 Å². The first-order chi connectivity index (χ1) is 10.8. The van der Waals surface area contributed by atoms with Crippen LogP contribution in [0.25, 0.3) is 0 Å². The summed E-state index contributed by atoms with van der Waals surface area (Å²) in [6.07, 6.45) is 6.04. The van der Waals surface area contributed by atoms with Crippen molar-refractivity contribution in [1.29, 1.82) is 0 Å². The minimum Gasteiger partial charge on any atom is -0.383 e. The smallest absolute Gasteiger partial charge is 0.127 e. The molecule has 2 N–H and O–H groups in total. The lowest BCUT2D eigenvalue weighted by Gasteiger charge is -2.32. The van der Waals surface area contributed by atoms with Gasteiger partial charge in [-0.05, 0) is 37.6 Å². The molecular formula is C17H22N4O. The van der Waals surface area contributed by atoms with E-state index in [1.54, 1.807) is 12.4 Å². The van der Waals surface area contributed by atoms with E-state index >= 15 is 0 Å².